The zero-order valence-electron chi connectivity index (χ0n) is 9.47. The average molecular weight is 232 g/mol. The minimum atomic E-state index is -0.836. The molecule has 1 aliphatic rings. The first-order chi connectivity index (χ1) is 7.04. The lowest BCUT2D eigenvalue weighted by Gasteiger charge is -2.33. The summed E-state index contributed by atoms with van der Waals surface area (Å²) in [7, 11) is -0.836. The molecule has 0 saturated carbocycles. The topological polar surface area (TPSA) is 58.2 Å². The van der Waals surface area contributed by atoms with Crippen LogP contribution in [-0.2, 0) is 15.6 Å². The molecule has 0 spiro atoms. The van der Waals surface area contributed by atoms with Crippen molar-refractivity contribution in [3.63, 3.8) is 0 Å². The molecule has 1 amide bonds. The van der Waals surface area contributed by atoms with E-state index in [-0.39, 0.29) is 5.91 Å². The Labute approximate surface area is 93.7 Å². The molecule has 2 unspecified atom stereocenters. The van der Waals surface area contributed by atoms with Gasteiger partial charge in [0.2, 0.25) is 5.91 Å². The van der Waals surface area contributed by atoms with E-state index >= 15 is 0 Å². The van der Waals surface area contributed by atoms with Crippen molar-refractivity contribution in [1.82, 2.24) is 10.6 Å². The first-order valence-electron chi connectivity index (χ1n) is 5.38. The summed E-state index contributed by atoms with van der Waals surface area (Å²) in [6, 6.07) is 0. The van der Waals surface area contributed by atoms with Gasteiger partial charge in [-0.2, -0.15) is 0 Å². The van der Waals surface area contributed by atoms with E-state index in [1.807, 2.05) is 6.92 Å². The number of rotatable bonds is 4. The Balaban J connectivity index is 2.34. The lowest BCUT2D eigenvalue weighted by Crippen LogP contribution is -2.57. The summed E-state index contributed by atoms with van der Waals surface area (Å²) >= 11 is 0. The molecule has 5 heteroatoms. The Morgan fingerprint density at radius 3 is 2.80 bits per heavy atom. The van der Waals surface area contributed by atoms with Crippen molar-refractivity contribution < 1.29 is 9.00 Å². The standard InChI is InChI=1S/C10H20N2O2S/c1-10(5-3-4-6-12-10)9(13)11-7-8-15(2)14/h12H,3-8H2,1-2H3,(H,11,13). The Morgan fingerprint density at radius 2 is 2.27 bits per heavy atom. The second kappa shape index (κ2) is 5.61. The number of carbonyl (C=O) groups is 1. The molecule has 0 aromatic heterocycles. The Bertz CT molecular complexity index is 250. The van der Waals surface area contributed by atoms with Gasteiger partial charge in [0.05, 0.1) is 5.54 Å². The molecule has 0 radical (unpaired) electrons. The van der Waals surface area contributed by atoms with Gasteiger partial charge in [0.1, 0.15) is 0 Å². The molecule has 1 fully saturated rings. The number of carbonyl (C=O) groups excluding carboxylic acids is 1. The molecule has 2 atom stereocenters. The van der Waals surface area contributed by atoms with Crippen LogP contribution < -0.4 is 10.6 Å². The maximum absolute atomic E-state index is 11.8. The van der Waals surface area contributed by atoms with Crippen LogP contribution in [-0.4, -0.2) is 40.8 Å². The highest BCUT2D eigenvalue weighted by Crippen LogP contribution is 2.18. The summed E-state index contributed by atoms with van der Waals surface area (Å²) < 4.78 is 10.8. The SMILES string of the molecule is CS(=O)CCNC(=O)C1(C)CCCCN1. The van der Waals surface area contributed by atoms with Crippen LogP contribution in [0.5, 0.6) is 0 Å². The van der Waals surface area contributed by atoms with Crippen molar-refractivity contribution >= 4 is 16.7 Å². The molecule has 0 bridgehead atoms. The van der Waals surface area contributed by atoms with Crippen LogP contribution in [0.15, 0.2) is 0 Å². The lowest BCUT2D eigenvalue weighted by atomic mass is 9.90. The monoisotopic (exact) mass is 232 g/mol. The van der Waals surface area contributed by atoms with Gasteiger partial charge in [-0.3, -0.25) is 9.00 Å². The number of hydrogen-bond acceptors (Lipinski definition) is 3. The highest BCUT2D eigenvalue weighted by atomic mass is 32.2. The summed E-state index contributed by atoms with van der Waals surface area (Å²) in [5.74, 6) is 0.564. The van der Waals surface area contributed by atoms with Gasteiger partial charge in [-0.25, -0.2) is 0 Å². The molecule has 1 saturated heterocycles. The third-order valence-corrected chi connectivity index (χ3v) is 3.57. The van der Waals surface area contributed by atoms with Crippen LogP contribution in [0.25, 0.3) is 0 Å². The predicted molar refractivity (Wildman–Crippen MR) is 62.2 cm³/mol. The quantitative estimate of drug-likeness (QED) is 0.718. The minimum absolute atomic E-state index is 0.0349. The number of nitrogens with one attached hydrogen (secondary N) is 2. The fourth-order valence-electron chi connectivity index (χ4n) is 1.75. The predicted octanol–water partition coefficient (Wildman–Crippen LogP) is 0.0133. The van der Waals surface area contributed by atoms with Crippen molar-refractivity contribution in [2.24, 2.45) is 0 Å². The zero-order chi connectivity index (χ0) is 11.3. The van der Waals surface area contributed by atoms with Gasteiger partial charge < -0.3 is 10.6 Å². The van der Waals surface area contributed by atoms with Crippen LogP contribution in [0.2, 0.25) is 0 Å². The van der Waals surface area contributed by atoms with E-state index in [1.54, 1.807) is 6.26 Å². The van der Waals surface area contributed by atoms with Crippen LogP contribution in [0, 0.1) is 0 Å². The molecular weight excluding hydrogens is 212 g/mol. The van der Waals surface area contributed by atoms with Crippen molar-refractivity contribution in [2.75, 3.05) is 25.1 Å². The van der Waals surface area contributed by atoms with E-state index in [9.17, 15) is 9.00 Å². The average Bonchev–Trinajstić information content (AvgIpc) is 2.18. The molecule has 1 aliphatic heterocycles. The molecule has 88 valence electrons. The van der Waals surface area contributed by atoms with Crippen LogP contribution in [0.3, 0.4) is 0 Å². The van der Waals surface area contributed by atoms with Gasteiger partial charge in [0.25, 0.3) is 0 Å². The molecule has 1 heterocycles. The maximum atomic E-state index is 11.8. The molecule has 15 heavy (non-hydrogen) atoms. The van der Waals surface area contributed by atoms with E-state index in [0.29, 0.717) is 12.3 Å². The highest BCUT2D eigenvalue weighted by molar-refractivity contribution is 7.84. The fourth-order valence-corrected chi connectivity index (χ4v) is 2.14. The Morgan fingerprint density at radius 1 is 1.53 bits per heavy atom. The van der Waals surface area contributed by atoms with Gasteiger partial charge in [-0.05, 0) is 32.7 Å². The number of hydrogen-bond donors (Lipinski definition) is 2. The lowest BCUT2D eigenvalue weighted by molar-refractivity contribution is -0.127. The van der Waals surface area contributed by atoms with Crippen molar-refractivity contribution in [3.8, 4) is 0 Å². The highest BCUT2D eigenvalue weighted by Gasteiger charge is 2.33. The summed E-state index contributed by atoms with van der Waals surface area (Å²) in [4.78, 5) is 11.8. The third kappa shape index (κ3) is 3.91. The van der Waals surface area contributed by atoms with Crippen molar-refractivity contribution in [2.45, 2.75) is 31.7 Å². The van der Waals surface area contributed by atoms with E-state index in [1.165, 1.54) is 0 Å². The second-order valence-corrected chi connectivity index (χ2v) is 5.80. The van der Waals surface area contributed by atoms with E-state index in [2.05, 4.69) is 10.6 Å². The number of amides is 1. The Hall–Kier alpha value is -0.420. The number of piperidine rings is 1. The van der Waals surface area contributed by atoms with E-state index in [4.69, 9.17) is 0 Å². The second-order valence-electron chi connectivity index (χ2n) is 4.25. The largest absolute Gasteiger partial charge is 0.354 e. The third-order valence-electron chi connectivity index (χ3n) is 2.79. The molecular formula is C10H20N2O2S. The first kappa shape index (κ1) is 12.6. The van der Waals surface area contributed by atoms with Crippen molar-refractivity contribution in [1.29, 1.82) is 0 Å². The summed E-state index contributed by atoms with van der Waals surface area (Å²) in [5.41, 5.74) is -0.423. The first-order valence-corrected chi connectivity index (χ1v) is 7.11. The van der Waals surface area contributed by atoms with Gasteiger partial charge >= 0.3 is 0 Å². The van der Waals surface area contributed by atoms with Gasteiger partial charge in [-0.1, -0.05) is 0 Å². The van der Waals surface area contributed by atoms with Crippen LogP contribution in [0.1, 0.15) is 26.2 Å². The normalized spacial score (nSPS) is 28.4. The summed E-state index contributed by atoms with van der Waals surface area (Å²) in [6.45, 7) is 3.34. The summed E-state index contributed by atoms with van der Waals surface area (Å²) in [5, 5.41) is 6.08. The van der Waals surface area contributed by atoms with Crippen LogP contribution >= 0.6 is 0 Å². The minimum Gasteiger partial charge on any atom is -0.354 e. The Kier molecular flexibility index (Phi) is 4.73. The fraction of sp³-hybridized carbons (Fsp3) is 0.900. The van der Waals surface area contributed by atoms with Gasteiger partial charge in [-0.15, -0.1) is 0 Å². The van der Waals surface area contributed by atoms with Gasteiger partial charge in [0.15, 0.2) is 0 Å². The summed E-state index contributed by atoms with van der Waals surface area (Å²) in [6.07, 6.45) is 4.76. The maximum Gasteiger partial charge on any atom is 0.240 e. The smallest absolute Gasteiger partial charge is 0.240 e. The van der Waals surface area contributed by atoms with Crippen molar-refractivity contribution in [3.05, 3.63) is 0 Å². The molecule has 1 rings (SSSR count). The van der Waals surface area contributed by atoms with E-state index in [0.717, 1.165) is 25.8 Å². The van der Waals surface area contributed by atoms with Crippen LogP contribution in [0.4, 0.5) is 0 Å². The molecule has 4 nitrogen and oxygen atoms in total. The van der Waals surface area contributed by atoms with E-state index < -0.39 is 16.3 Å². The van der Waals surface area contributed by atoms with Gasteiger partial charge in [0, 0.05) is 29.4 Å². The molecule has 2 N–H and O–H groups in total. The molecule has 0 aromatic carbocycles. The molecule has 0 aliphatic carbocycles. The zero-order valence-corrected chi connectivity index (χ0v) is 10.3. The molecule has 0 aromatic rings.